The zero-order valence-electron chi connectivity index (χ0n) is 13.4. The third-order valence-electron chi connectivity index (χ3n) is 4.26. The van der Waals surface area contributed by atoms with Crippen molar-refractivity contribution >= 4 is 23.2 Å². The van der Waals surface area contributed by atoms with Crippen LogP contribution < -0.4 is 4.90 Å². The average molecular weight is 330 g/mol. The van der Waals surface area contributed by atoms with Gasteiger partial charge in [0.05, 0.1) is 11.4 Å². The van der Waals surface area contributed by atoms with Gasteiger partial charge in [0.2, 0.25) is 5.91 Å². The number of rotatable bonds is 2. The Morgan fingerprint density at radius 2 is 2.09 bits per heavy atom. The number of aromatic nitrogens is 1. The molecule has 0 radical (unpaired) electrons. The Morgan fingerprint density at radius 3 is 2.83 bits per heavy atom. The van der Waals surface area contributed by atoms with E-state index in [1.54, 1.807) is 12.3 Å². The summed E-state index contributed by atoms with van der Waals surface area (Å²) in [6.45, 7) is 3.54. The fourth-order valence-corrected chi connectivity index (χ4v) is 3.16. The summed E-state index contributed by atoms with van der Waals surface area (Å²) in [6, 6.07) is 12.0. The van der Waals surface area contributed by atoms with Crippen LogP contribution in [0.25, 0.3) is 0 Å². The smallest absolute Gasteiger partial charge is 0.229 e. The Morgan fingerprint density at radius 1 is 1.30 bits per heavy atom. The molecule has 0 spiro atoms. The van der Waals surface area contributed by atoms with Gasteiger partial charge in [0, 0.05) is 43.8 Å². The number of para-hydroxylation sites is 1. The maximum absolute atomic E-state index is 12.8. The van der Waals surface area contributed by atoms with Crippen molar-refractivity contribution < 1.29 is 4.79 Å². The monoisotopic (exact) mass is 329 g/mol. The second-order valence-electron chi connectivity index (χ2n) is 6.02. The van der Waals surface area contributed by atoms with Gasteiger partial charge in [0.25, 0.3) is 0 Å². The minimum atomic E-state index is 0.0948. The van der Waals surface area contributed by atoms with E-state index in [2.05, 4.69) is 36.0 Å². The van der Waals surface area contributed by atoms with Gasteiger partial charge in [-0.05, 0) is 30.7 Å². The van der Waals surface area contributed by atoms with Crippen molar-refractivity contribution in [3.05, 3.63) is 58.9 Å². The van der Waals surface area contributed by atoms with Crippen LogP contribution in [0.5, 0.6) is 0 Å². The normalized spacial score (nSPS) is 17.6. The Bertz CT molecular complexity index is 702. The quantitative estimate of drug-likeness (QED) is 0.849. The second kappa shape index (κ2) is 6.59. The van der Waals surface area contributed by atoms with E-state index in [-0.39, 0.29) is 11.9 Å². The third kappa shape index (κ3) is 3.48. The fourth-order valence-electron chi connectivity index (χ4n) is 3.05. The van der Waals surface area contributed by atoms with Crippen LogP contribution in [0.4, 0.5) is 5.69 Å². The maximum Gasteiger partial charge on any atom is 0.229 e. The first kappa shape index (κ1) is 15.8. The number of anilines is 1. The molecule has 0 N–H and O–H groups in total. The molecule has 1 aliphatic heterocycles. The lowest BCUT2D eigenvalue weighted by molar-refractivity contribution is -0.132. The summed E-state index contributed by atoms with van der Waals surface area (Å²) in [4.78, 5) is 21.2. The lowest BCUT2D eigenvalue weighted by Crippen LogP contribution is -2.42. The molecule has 23 heavy (non-hydrogen) atoms. The first-order valence-corrected chi connectivity index (χ1v) is 8.11. The molecule has 120 valence electrons. The number of benzene rings is 1. The number of fused-ring (bicyclic) bond motifs is 1. The SMILES string of the molecule is CC1CN(C)c2ccccc2CN1C(=O)Cc1ccc(Cl)cn1. The van der Waals surface area contributed by atoms with Crippen LogP contribution in [0.15, 0.2) is 42.6 Å². The molecule has 1 unspecified atom stereocenters. The molecule has 2 aromatic rings. The van der Waals surface area contributed by atoms with E-state index in [4.69, 9.17) is 11.6 Å². The summed E-state index contributed by atoms with van der Waals surface area (Å²) in [5.41, 5.74) is 3.12. The van der Waals surface area contributed by atoms with E-state index in [1.165, 1.54) is 11.3 Å². The highest BCUT2D eigenvalue weighted by Crippen LogP contribution is 2.26. The first-order chi connectivity index (χ1) is 11.0. The van der Waals surface area contributed by atoms with Crippen molar-refractivity contribution in [3.63, 3.8) is 0 Å². The van der Waals surface area contributed by atoms with E-state index in [1.807, 2.05) is 23.1 Å². The minimum Gasteiger partial charge on any atom is -0.372 e. The van der Waals surface area contributed by atoms with Gasteiger partial charge in [-0.1, -0.05) is 29.8 Å². The molecule has 4 nitrogen and oxygen atoms in total. The van der Waals surface area contributed by atoms with Crippen molar-refractivity contribution in [2.24, 2.45) is 0 Å². The Balaban J connectivity index is 1.81. The molecule has 0 bridgehead atoms. The standard InChI is InChI=1S/C18H20ClN3O/c1-13-11-21(2)17-6-4-3-5-14(17)12-22(13)18(23)9-16-8-7-15(19)10-20-16/h3-8,10,13H,9,11-12H2,1-2H3. The highest BCUT2D eigenvalue weighted by molar-refractivity contribution is 6.30. The van der Waals surface area contributed by atoms with Gasteiger partial charge >= 0.3 is 0 Å². The van der Waals surface area contributed by atoms with Gasteiger partial charge in [-0.2, -0.15) is 0 Å². The molecule has 1 amide bonds. The number of hydrogen-bond acceptors (Lipinski definition) is 3. The van der Waals surface area contributed by atoms with Gasteiger partial charge in [0.1, 0.15) is 0 Å². The Labute approximate surface area is 141 Å². The van der Waals surface area contributed by atoms with Crippen molar-refractivity contribution in [1.29, 1.82) is 0 Å². The molecule has 1 aromatic carbocycles. The number of hydrogen-bond donors (Lipinski definition) is 0. The number of carbonyl (C=O) groups is 1. The zero-order chi connectivity index (χ0) is 16.4. The molecule has 2 heterocycles. The largest absolute Gasteiger partial charge is 0.372 e. The van der Waals surface area contributed by atoms with Crippen molar-refractivity contribution in [3.8, 4) is 0 Å². The molecular weight excluding hydrogens is 310 g/mol. The molecule has 1 aromatic heterocycles. The first-order valence-electron chi connectivity index (χ1n) is 7.73. The van der Waals surface area contributed by atoms with Gasteiger partial charge in [-0.3, -0.25) is 9.78 Å². The minimum absolute atomic E-state index is 0.0948. The van der Waals surface area contributed by atoms with Crippen molar-refractivity contribution in [2.75, 3.05) is 18.5 Å². The topological polar surface area (TPSA) is 36.4 Å². The number of carbonyl (C=O) groups excluding carboxylic acids is 1. The molecule has 0 saturated carbocycles. The van der Waals surface area contributed by atoms with Gasteiger partial charge in [-0.25, -0.2) is 0 Å². The number of pyridine rings is 1. The second-order valence-corrected chi connectivity index (χ2v) is 6.46. The molecular formula is C18H20ClN3O. The van der Waals surface area contributed by atoms with Crippen LogP contribution in [-0.4, -0.2) is 35.4 Å². The third-order valence-corrected chi connectivity index (χ3v) is 4.48. The Hall–Kier alpha value is -2.07. The fraction of sp³-hybridized carbons (Fsp3) is 0.333. The van der Waals surface area contributed by atoms with Crippen LogP contribution in [0.1, 0.15) is 18.2 Å². The molecule has 0 aliphatic carbocycles. The highest BCUT2D eigenvalue weighted by atomic mass is 35.5. The maximum atomic E-state index is 12.8. The summed E-state index contributed by atoms with van der Waals surface area (Å²) in [5, 5.41) is 0.583. The summed E-state index contributed by atoms with van der Waals surface area (Å²) in [7, 11) is 2.07. The van der Waals surface area contributed by atoms with E-state index < -0.39 is 0 Å². The van der Waals surface area contributed by atoms with Gasteiger partial charge < -0.3 is 9.80 Å². The molecule has 5 heteroatoms. The number of halogens is 1. The van der Waals surface area contributed by atoms with E-state index in [9.17, 15) is 4.79 Å². The number of amides is 1. The van der Waals surface area contributed by atoms with Crippen LogP contribution >= 0.6 is 11.6 Å². The zero-order valence-corrected chi connectivity index (χ0v) is 14.1. The van der Waals surface area contributed by atoms with Gasteiger partial charge in [0.15, 0.2) is 0 Å². The predicted octanol–water partition coefficient (Wildman–Crippen LogP) is 3.14. The average Bonchev–Trinajstić information content (AvgIpc) is 2.66. The van der Waals surface area contributed by atoms with Crippen LogP contribution in [0.3, 0.4) is 0 Å². The van der Waals surface area contributed by atoms with Crippen molar-refractivity contribution in [2.45, 2.75) is 25.9 Å². The highest BCUT2D eigenvalue weighted by Gasteiger charge is 2.26. The molecule has 3 rings (SSSR count). The molecule has 0 saturated heterocycles. The van der Waals surface area contributed by atoms with E-state index in [0.717, 1.165) is 12.2 Å². The lowest BCUT2D eigenvalue weighted by Gasteiger charge is -2.28. The Kier molecular flexibility index (Phi) is 4.53. The summed E-state index contributed by atoms with van der Waals surface area (Å²) >= 11 is 5.85. The van der Waals surface area contributed by atoms with Crippen LogP contribution in [0, 0.1) is 0 Å². The number of likely N-dealkylation sites (N-methyl/N-ethyl adjacent to an activating group) is 1. The molecule has 1 aliphatic rings. The van der Waals surface area contributed by atoms with E-state index >= 15 is 0 Å². The number of nitrogens with zero attached hydrogens (tertiary/aromatic N) is 3. The molecule has 1 atom stereocenters. The predicted molar refractivity (Wildman–Crippen MR) is 92.7 cm³/mol. The molecule has 0 fully saturated rings. The van der Waals surface area contributed by atoms with Crippen LogP contribution in [0.2, 0.25) is 5.02 Å². The lowest BCUT2D eigenvalue weighted by atomic mass is 10.1. The summed E-state index contributed by atoms with van der Waals surface area (Å²) in [5.74, 6) is 0.0948. The van der Waals surface area contributed by atoms with Crippen LogP contribution in [-0.2, 0) is 17.8 Å². The summed E-state index contributed by atoms with van der Waals surface area (Å²) in [6.07, 6.45) is 1.88. The summed E-state index contributed by atoms with van der Waals surface area (Å²) < 4.78 is 0. The van der Waals surface area contributed by atoms with E-state index in [0.29, 0.717) is 18.0 Å². The van der Waals surface area contributed by atoms with Gasteiger partial charge in [-0.15, -0.1) is 0 Å². The van der Waals surface area contributed by atoms with Crippen molar-refractivity contribution in [1.82, 2.24) is 9.88 Å².